The average molecular weight is 397 g/mol. The summed E-state index contributed by atoms with van der Waals surface area (Å²) in [4.78, 5) is 24.7. The molecule has 150 valence electrons. The van der Waals surface area contributed by atoms with Gasteiger partial charge in [-0.05, 0) is 24.3 Å². The Morgan fingerprint density at radius 1 is 0.929 bits per heavy atom. The summed E-state index contributed by atoms with van der Waals surface area (Å²) in [5.74, 6) is -2.91. The number of alkyl halides is 3. The molecule has 0 aromatic heterocycles. The molecule has 0 aliphatic rings. The number of esters is 1. The number of carbonyl (C=O) groups is 2. The summed E-state index contributed by atoms with van der Waals surface area (Å²) < 4.78 is 51.1. The second-order valence-corrected chi connectivity index (χ2v) is 5.51. The van der Waals surface area contributed by atoms with Gasteiger partial charge in [0.25, 0.3) is 5.91 Å². The lowest BCUT2D eigenvalue weighted by Crippen LogP contribution is -2.73. The normalized spacial score (nSPS) is 13.2. The van der Waals surface area contributed by atoms with E-state index in [-0.39, 0.29) is 17.0 Å². The van der Waals surface area contributed by atoms with Crippen LogP contribution in [0.4, 0.5) is 18.9 Å². The maximum atomic E-state index is 13.9. The van der Waals surface area contributed by atoms with Crippen LogP contribution in [0.3, 0.4) is 0 Å². The molecule has 2 aromatic rings. The largest absolute Gasteiger partial charge is 0.496 e. The second kappa shape index (κ2) is 8.61. The van der Waals surface area contributed by atoms with Crippen LogP contribution in [0, 0.1) is 0 Å². The zero-order valence-electron chi connectivity index (χ0n) is 15.0. The highest BCUT2D eigenvalue weighted by Gasteiger charge is 2.63. The van der Waals surface area contributed by atoms with Gasteiger partial charge in [0.1, 0.15) is 5.75 Å². The fourth-order valence-electron chi connectivity index (χ4n) is 2.30. The van der Waals surface area contributed by atoms with E-state index < -0.39 is 23.7 Å². The average Bonchev–Trinajstić information content (AvgIpc) is 2.70. The van der Waals surface area contributed by atoms with E-state index in [0.29, 0.717) is 0 Å². The zero-order chi connectivity index (χ0) is 20.8. The van der Waals surface area contributed by atoms with Crippen LogP contribution in [-0.2, 0) is 9.53 Å². The summed E-state index contributed by atoms with van der Waals surface area (Å²) in [5.41, 5.74) is 0.610. The molecule has 0 bridgehead atoms. The maximum absolute atomic E-state index is 13.9. The van der Waals surface area contributed by atoms with Crippen molar-refractivity contribution in [2.24, 2.45) is 0 Å². The zero-order valence-corrected chi connectivity index (χ0v) is 15.0. The Balaban J connectivity index is 2.41. The van der Waals surface area contributed by atoms with Gasteiger partial charge in [-0.2, -0.15) is 18.6 Å². The predicted octanol–water partition coefficient (Wildman–Crippen LogP) is 2.47. The van der Waals surface area contributed by atoms with Gasteiger partial charge in [-0.15, -0.1) is 0 Å². The van der Waals surface area contributed by atoms with Crippen molar-refractivity contribution < 1.29 is 32.2 Å². The molecule has 0 fully saturated rings. The van der Waals surface area contributed by atoms with E-state index in [1.54, 1.807) is 29.6 Å². The number of hydrazine groups is 1. The summed E-state index contributed by atoms with van der Waals surface area (Å²) in [6.45, 7) is 0. The van der Waals surface area contributed by atoms with Crippen molar-refractivity contribution in [3.05, 3.63) is 60.2 Å². The van der Waals surface area contributed by atoms with Gasteiger partial charge in [0, 0.05) is 5.69 Å². The van der Waals surface area contributed by atoms with Gasteiger partial charge in [-0.3, -0.25) is 4.79 Å². The number of nitrogens with one attached hydrogen (secondary N) is 3. The first kappa shape index (κ1) is 21.0. The van der Waals surface area contributed by atoms with Crippen LogP contribution in [-0.4, -0.2) is 37.9 Å². The van der Waals surface area contributed by atoms with Crippen molar-refractivity contribution in [3.8, 4) is 5.75 Å². The first-order valence-electron chi connectivity index (χ1n) is 7.94. The minimum Gasteiger partial charge on any atom is -0.496 e. The minimum absolute atomic E-state index is 0.0389. The first-order valence-corrected chi connectivity index (χ1v) is 7.94. The second-order valence-electron chi connectivity index (χ2n) is 5.51. The van der Waals surface area contributed by atoms with Crippen molar-refractivity contribution in [2.45, 2.75) is 11.8 Å². The molecule has 0 saturated heterocycles. The van der Waals surface area contributed by atoms with Gasteiger partial charge in [-0.25, -0.2) is 4.79 Å². The number of anilines is 1. The van der Waals surface area contributed by atoms with Gasteiger partial charge in [0.05, 0.1) is 19.8 Å². The number of hydrogen-bond acceptors (Lipinski definition) is 6. The van der Waals surface area contributed by atoms with E-state index in [4.69, 9.17) is 4.74 Å². The predicted molar refractivity (Wildman–Crippen MR) is 94.5 cm³/mol. The molecule has 1 atom stereocenters. The van der Waals surface area contributed by atoms with Crippen LogP contribution in [0.25, 0.3) is 0 Å². The Hall–Kier alpha value is -3.27. The Morgan fingerprint density at radius 2 is 1.54 bits per heavy atom. The summed E-state index contributed by atoms with van der Waals surface area (Å²) in [6, 6.07) is 13.4. The molecule has 0 radical (unpaired) electrons. The van der Waals surface area contributed by atoms with E-state index in [9.17, 15) is 22.8 Å². The first-order chi connectivity index (χ1) is 13.2. The van der Waals surface area contributed by atoms with Crippen LogP contribution in [0.1, 0.15) is 10.4 Å². The number of carbonyl (C=O) groups excluding carboxylic acids is 2. The molecule has 28 heavy (non-hydrogen) atoms. The van der Waals surface area contributed by atoms with Crippen LogP contribution in [0.15, 0.2) is 54.6 Å². The molecule has 1 unspecified atom stereocenters. The standard InChI is InChI=1S/C18H18F3N3O4/c1-27-14-11-7-6-10-13(14)15(25)22-17(16(26)28-2,18(19,20)21)24-23-12-8-4-3-5-9-12/h3-11,23-24H,1-2H3,(H,22,25). The molecule has 1 amide bonds. The van der Waals surface area contributed by atoms with Crippen molar-refractivity contribution in [1.29, 1.82) is 0 Å². The smallest absolute Gasteiger partial charge is 0.438 e. The van der Waals surface area contributed by atoms with Gasteiger partial charge < -0.3 is 20.2 Å². The van der Waals surface area contributed by atoms with Gasteiger partial charge in [0.2, 0.25) is 0 Å². The van der Waals surface area contributed by atoms with E-state index in [2.05, 4.69) is 10.2 Å². The number of ether oxygens (including phenoxy) is 2. The summed E-state index contributed by atoms with van der Waals surface area (Å²) >= 11 is 0. The number of benzene rings is 2. The van der Waals surface area contributed by atoms with Gasteiger partial charge in [-0.1, -0.05) is 30.3 Å². The highest BCUT2D eigenvalue weighted by atomic mass is 19.4. The monoisotopic (exact) mass is 397 g/mol. The maximum Gasteiger partial charge on any atom is 0.438 e. The number of halogens is 3. The number of amides is 1. The Labute approximate surface area is 158 Å². The van der Waals surface area contributed by atoms with Crippen molar-refractivity contribution in [3.63, 3.8) is 0 Å². The third-order valence-electron chi connectivity index (χ3n) is 3.74. The third-order valence-corrected chi connectivity index (χ3v) is 3.74. The highest BCUT2D eigenvalue weighted by Crippen LogP contribution is 2.31. The fourth-order valence-corrected chi connectivity index (χ4v) is 2.30. The van der Waals surface area contributed by atoms with Crippen LogP contribution < -0.4 is 20.9 Å². The molecule has 0 aliphatic carbocycles. The lowest BCUT2D eigenvalue weighted by molar-refractivity contribution is -0.215. The third kappa shape index (κ3) is 4.34. The summed E-state index contributed by atoms with van der Waals surface area (Å²) in [5, 5.41) is 1.69. The number of rotatable bonds is 7. The van der Waals surface area contributed by atoms with E-state index in [1.807, 2.05) is 5.43 Å². The molecule has 3 N–H and O–H groups in total. The van der Waals surface area contributed by atoms with Gasteiger partial charge in [0.15, 0.2) is 0 Å². The number of hydrogen-bond donors (Lipinski definition) is 3. The minimum atomic E-state index is -5.25. The van der Waals surface area contributed by atoms with Crippen molar-refractivity contribution >= 4 is 17.6 Å². The van der Waals surface area contributed by atoms with E-state index >= 15 is 0 Å². The van der Waals surface area contributed by atoms with Crippen molar-refractivity contribution in [1.82, 2.24) is 10.7 Å². The summed E-state index contributed by atoms with van der Waals surface area (Å²) in [6.07, 6.45) is -5.25. The molecule has 2 rings (SSSR count). The molecule has 0 heterocycles. The SMILES string of the molecule is COC(=O)C(NNc1ccccc1)(NC(=O)c1ccccc1OC)C(F)(F)F. The Bertz CT molecular complexity index is 830. The van der Waals surface area contributed by atoms with E-state index in [0.717, 1.165) is 7.11 Å². The van der Waals surface area contributed by atoms with E-state index in [1.165, 1.54) is 37.4 Å². The van der Waals surface area contributed by atoms with Crippen molar-refractivity contribution in [2.75, 3.05) is 19.6 Å². The Kier molecular flexibility index (Phi) is 6.47. The molecule has 2 aromatic carbocycles. The molecule has 0 spiro atoms. The quantitative estimate of drug-likeness (QED) is 0.378. The number of methoxy groups -OCH3 is 2. The molecule has 0 aliphatic heterocycles. The molecule has 0 saturated carbocycles. The van der Waals surface area contributed by atoms with Crippen LogP contribution in [0.2, 0.25) is 0 Å². The lowest BCUT2D eigenvalue weighted by atomic mass is 10.1. The summed E-state index contributed by atoms with van der Waals surface area (Å²) in [7, 11) is 2.04. The van der Waals surface area contributed by atoms with Crippen LogP contribution in [0.5, 0.6) is 5.75 Å². The molecule has 7 nitrogen and oxygen atoms in total. The topological polar surface area (TPSA) is 88.7 Å². The molecular weight excluding hydrogens is 379 g/mol. The van der Waals surface area contributed by atoms with Crippen LogP contribution >= 0.6 is 0 Å². The van der Waals surface area contributed by atoms with Gasteiger partial charge >= 0.3 is 17.8 Å². The Morgan fingerprint density at radius 3 is 2.11 bits per heavy atom. The molecular formula is C18H18F3N3O4. The number of para-hydroxylation sites is 2. The highest BCUT2D eigenvalue weighted by molar-refractivity contribution is 6.00. The fraction of sp³-hybridized carbons (Fsp3) is 0.222. The lowest BCUT2D eigenvalue weighted by Gasteiger charge is -2.34. The molecule has 10 heteroatoms.